The van der Waals surface area contributed by atoms with Crippen LogP contribution in [0.25, 0.3) is 0 Å². The Labute approximate surface area is 70.7 Å². The summed E-state index contributed by atoms with van der Waals surface area (Å²) < 4.78 is 4.74. The van der Waals surface area contributed by atoms with Crippen molar-refractivity contribution in [1.82, 2.24) is 4.98 Å². The molecule has 0 spiro atoms. The summed E-state index contributed by atoms with van der Waals surface area (Å²) in [5.41, 5.74) is 0.292. The van der Waals surface area contributed by atoms with Gasteiger partial charge in [-0.1, -0.05) is 12.6 Å². The summed E-state index contributed by atoms with van der Waals surface area (Å²) in [4.78, 5) is 14.9. The first-order valence-corrected chi connectivity index (χ1v) is 3.49. The van der Waals surface area contributed by atoms with Crippen LogP contribution in [0.3, 0.4) is 0 Å². The zero-order valence-corrected chi connectivity index (χ0v) is 6.78. The van der Waals surface area contributed by atoms with Crippen LogP contribution in [-0.4, -0.2) is 11.0 Å². The third kappa shape index (κ3) is 2.20. The molecule has 0 bridgehead atoms. The maximum Gasteiger partial charge on any atom is 0.361 e. The molecule has 3 heteroatoms. The number of rotatable bonds is 2. The molecule has 0 aliphatic rings. The van der Waals surface area contributed by atoms with E-state index < -0.39 is 5.97 Å². The van der Waals surface area contributed by atoms with Crippen LogP contribution in [0.5, 0.6) is 0 Å². The average Bonchev–Trinajstić information content (AvgIpc) is 2.05. The van der Waals surface area contributed by atoms with Crippen LogP contribution in [-0.2, 0) is 4.74 Å². The summed E-state index contributed by atoms with van der Waals surface area (Å²) in [7, 11) is 0. The molecular formula is C9H9NO2. The molecule has 0 atom stereocenters. The third-order valence-electron chi connectivity index (χ3n) is 1.14. The van der Waals surface area contributed by atoms with Gasteiger partial charge in [-0.15, -0.1) is 0 Å². The number of ether oxygens (including phenoxy) is 1. The van der Waals surface area contributed by atoms with Crippen LogP contribution in [0.2, 0.25) is 0 Å². The average molecular weight is 163 g/mol. The normalized spacial score (nSPS) is 9.08. The Morgan fingerprint density at radius 3 is 2.83 bits per heavy atom. The molecule has 0 fully saturated rings. The van der Waals surface area contributed by atoms with Crippen LogP contribution >= 0.6 is 0 Å². The predicted octanol–water partition coefficient (Wildman–Crippen LogP) is 1.77. The number of hydrogen-bond donors (Lipinski definition) is 0. The minimum atomic E-state index is -0.469. The molecule has 0 N–H and O–H groups in total. The second-order valence-corrected chi connectivity index (χ2v) is 2.31. The van der Waals surface area contributed by atoms with Crippen molar-refractivity contribution < 1.29 is 9.53 Å². The smallest absolute Gasteiger partial charge is 0.361 e. The minimum absolute atomic E-state index is 0.292. The molecule has 1 aromatic heterocycles. The van der Waals surface area contributed by atoms with Crippen molar-refractivity contribution >= 4 is 5.97 Å². The summed E-state index contributed by atoms with van der Waals surface area (Å²) in [6.45, 7) is 5.06. The van der Waals surface area contributed by atoms with Crippen molar-refractivity contribution in [2.75, 3.05) is 0 Å². The van der Waals surface area contributed by atoms with Gasteiger partial charge in [0.1, 0.15) is 5.69 Å². The molecule has 0 aromatic carbocycles. The topological polar surface area (TPSA) is 39.2 Å². The van der Waals surface area contributed by atoms with E-state index in [0.717, 1.165) is 0 Å². The fourth-order valence-electron chi connectivity index (χ4n) is 0.694. The van der Waals surface area contributed by atoms with Crippen molar-refractivity contribution in [3.05, 3.63) is 42.4 Å². The molecule has 62 valence electrons. The minimum Gasteiger partial charge on any atom is -0.427 e. The molecule has 0 saturated heterocycles. The van der Waals surface area contributed by atoms with Gasteiger partial charge in [0.25, 0.3) is 0 Å². The largest absolute Gasteiger partial charge is 0.427 e. The van der Waals surface area contributed by atoms with Gasteiger partial charge in [0.2, 0.25) is 0 Å². The van der Waals surface area contributed by atoms with E-state index in [1.165, 1.54) is 6.20 Å². The molecule has 0 radical (unpaired) electrons. The van der Waals surface area contributed by atoms with Gasteiger partial charge in [0.15, 0.2) is 0 Å². The highest BCUT2D eigenvalue weighted by Crippen LogP contribution is 2.00. The lowest BCUT2D eigenvalue weighted by Gasteiger charge is -2.00. The summed E-state index contributed by atoms with van der Waals surface area (Å²) in [6.07, 6.45) is 1.54. The zero-order chi connectivity index (χ0) is 8.97. The van der Waals surface area contributed by atoms with E-state index in [4.69, 9.17) is 4.74 Å². The van der Waals surface area contributed by atoms with Gasteiger partial charge in [0.05, 0.1) is 5.76 Å². The Balaban J connectivity index is 2.73. The molecule has 1 heterocycles. The van der Waals surface area contributed by atoms with Gasteiger partial charge in [-0.3, -0.25) is 0 Å². The van der Waals surface area contributed by atoms with Crippen LogP contribution in [0, 0.1) is 0 Å². The number of nitrogens with zero attached hydrogens (tertiary/aromatic N) is 1. The van der Waals surface area contributed by atoms with Crippen molar-refractivity contribution in [3.8, 4) is 0 Å². The van der Waals surface area contributed by atoms with Gasteiger partial charge in [-0.05, 0) is 19.1 Å². The summed E-state index contributed by atoms with van der Waals surface area (Å²) >= 11 is 0. The van der Waals surface area contributed by atoms with Gasteiger partial charge in [0, 0.05) is 6.20 Å². The standard InChI is InChI=1S/C9H9NO2/c1-7(2)12-9(11)8-5-3-4-6-10-8/h3-6H,1H2,2H3. The lowest BCUT2D eigenvalue weighted by molar-refractivity contribution is 0.0621. The Morgan fingerprint density at radius 1 is 1.58 bits per heavy atom. The number of allylic oxidation sites excluding steroid dienone is 1. The Hall–Kier alpha value is -1.64. The Kier molecular flexibility index (Phi) is 2.58. The second-order valence-electron chi connectivity index (χ2n) is 2.31. The highest BCUT2D eigenvalue weighted by atomic mass is 16.5. The number of carbonyl (C=O) groups is 1. The fourth-order valence-corrected chi connectivity index (χ4v) is 0.694. The van der Waals surface area contributed by atoms with Gasteiger partial charge in [-0.2, -0.15) is 0 Å². The van der Waals surface area contributed by atoms with Crippen molar-refractivity contribution in [2.45, 2.75) is 6.92 Å². The first-order valence-electron chi connectivity index (χ1n) is 3.49. The predicted molar refractivity (Wildman–Crippen MR) is 44.5 cm³/mol. The maximum atomic E-state index is 11.1. The molecule has 1 rings (SSSR count). The highest BCUT2D eigenvalue weighted by Gasteiger charge is 2.06. The number of esters is 1. The van der Waals surface area contributed by atoms with Crippen molar-refractivity contribution in [2.24, 2.45) is 0 Å². The zero-order valence-electron chi connectivity index (χ0n) is 6.78. The van der Waals surface area contributed by atoms with E-state index in [2.05, 4.69) is 11.6 Å². The molecule has 0 aliphatic carbocycles. The molecule has 0 amide bonds. The first kappa shape index (κ1) is 8.46. The molecule has 0 unspecified atom stereocenters. The van der Waals surface area contributed by atoms with Crippen LogP contribution in [0.4, 0.5) is 0 Å². The molecule has 3 nitrogen and oxygen atoms in total. The molecule has 0 saturated carbocycles. The number of aromatic nitrogens is 1. The van der Waals surface area contributed by atoms with Gasteiger partial charge < -0.3 is 4.74 Å². The molecule has 12 heavy (non-hydrogen) atoms. The van der Waals surface area contributed by atoms with E-state index in [9.17, 15) is 4.79 Å². The van der Waals surface area contributed by atoms with Crippen molar-refractivity contribution in [1.29, 1.82) is 0 Å². The van der Waals surface area contributed by atoms with E-state index in [-0.39, 0.29) is 0 Å². The Morgan fingerprint density at radius 2 is 2.33 bits per heavy atom. The van der Waals surface area contributed by atoms with E-state index in [1.54, 1.807) is 25.1 Å². The van der Waals surface area contributed by atoms with Crippen LogP contribution in [0.15, 0.2) is 36.7 Å². The molecular weight excluding hydrogens is 154 g/mol. The van der Waals surface area contributed by atoms with Crippen LogP contribution < -0.4 is 0 Å². The van der Waals surface area contributed by atoms with E-state index in [1.807, 2.05) is 0 Å². The first-order chi connectivity index (χ1) is 5.70. The summed E-state index contributed by atoms with van der Waals surface area (Å²) in [5, 5.41) is 0. The number of carbonyl (C=O) groups excluding carboxylic acids is 1. The summed E-state index contributed by atoms with van der Waals surface area (Å²) in [5.74, 6) is -0.103. The van der Waals surface area contributed by atoms with E-state index in [0.29, 0.717) is 11.5 Å². The SMILES string of the molecule is C=C(C)OC(=O)c1ccccn1. The van der Waals surface area contributed by atoms with Gasteiger partial charge in [-0.25, -0.2) is 9.78 Å². The fraction of sp³-hybridized carbons (Fsp3) is 0.111. The highest BCUT2D eigenvalue weighted by molar-refractivity contribution is 5.87. The molecule has 1 aromatic rings. The third-order valence-corrected chi connectivity index (χ3v) is 1.14. The lowest BCUT2D eigenvalue weighted by Crippen LogP contribution is -2.04. The number of pyridine rings is 1. The van der Waals surface area contributed by atoms with Crippen LogP contribution in [0.1, 0.15) is 17.4 Å². The summed E-state index contributed by atoms with van der Waals surface area (Å²) in [6, 6.07) is 5.05. The monoisotopic (exact) mass is 163 g/mol. The Bertz CT molecular complexity index is 293. The number of hydrogen-bond acceptors (Lipinski definition) is 3. The quantitative estimate of drug-likeness (QED) is 0.492. The second kappa shape index (κ2) is 3.67. The van der Waals surface area contributed by atoms with E-state index >= 15 is 0 Å². The lowest BCUT2D eigenvalue weighted by atomic mass is 10.3. The van der Waals surface area contributed by atoms with Gasteiger partial charge >= 0.3 is 5.97 Å². The molecule has 0 aliphatic heterocycles. The maximum absolute atomic E-state index is 11.1. The van der Waals surface area contributed by atoms with Crippen molar-refractivity contribution in [3.63, 3.8) is 0 Å².